The van der Waals surface area contributed by atoms with Crippen molar-refractivity contribution in [1.29, 1.82) is 10.5 Å². The van der Waals surface area contributed by atoms with Gasteiger partial charge in [0.25, 0.3) is 0 Å². The van der Waals surface area contributed by atoms with Crippen LogP contribution in [0.3, 0.4) is 0 Å². The van der Waals surface area contributed by atoms with Crippen LogP contribution in [0.1, 0.15) is 20.9 Å². The Morgan fingerprint density at radius 1 is 0.600 bits per heavy atom. The van der Waals surface area contributed by atoms with Crippen LogP contribution in [0.15, 0.2) is 114 Å². The fraction of sp³-hybridized carbons (Fsp3) is 0.0500. The van der Waals surface area contributed by atoms with Gasteiger partial charge < -0.3 is 15.1 Å². The van der Waals surface area contributed by atoms with E-state index in [0.717, 1.165) is 53.3 Å². The highest BCUT2D eigenvalue weighted by Gasteiger charge is 2.17. The lowest BCUT2D eigenvalue weighted by Crippen LogP contribution is -2.11. The van der Waals surface area contributed by atoms with E-state index in [-0.39, 0.29) is 11.1 Å². The molecule has 0 unspecified atom stereocenters. The third-order valence-corrected chi connectivity index (χ3v) is 11.2. The van der Waals surface area contributed by atoms with Gasteiger partial charge >= 0.3 is 11.9 Å². The Morgan fingerprint density at radius 3 is 1.54 bits per heavy atom. The number of carboxylic acid groups (broad SMARTS) is 2. The molecule has 3 aromatic carbocycles. The van der Waals surface area contributed by atoms with Crippen LogP contribution in [0.4, 0.5) is 17.1 Å². The average Bonchev–Trinajstić information content (AvgIpc) is 3.89. The number of aliphatic carboxylic acids is 2. The fourth-order valence-corrected chi connectivity index (χ4v) is 8.39. The molecule has 0 aliphatic heterocycles. The zero-order chi connectivity index (χ0) is 35.4. The maximum atomic E-state index is 11.3. The van der Waals surface area contributed by atoms with E-state index in [1.165, 1.54) is 40.4 Å². The molecule has 0 aliphatic rings. The van der Waals surface area contributed by atoms with Gasteiger partial charge in [0, 0.05) is 46.3 Å². The largest absolute Gasteiger partial charge is 0.477 e. The van der Waals surface area contributed by atoms with Crippen molar-refractivity contribution < 1.29 is 19.8 Å². The van der Waals surface area contributed by atoms with Crippen molar-refractivity contribution in [1.82, 2.24) is 0 Å². The monoisotopic (exact) mass is 709 g/mol. The first-order valence-electron chi connectivity index (χ1n) is 15.2. The Kier molecular flexibility index (Phi) is 9.89. The zero-order valence-electron chi connectivity index (χ0n) is 26.7. The number of thiophene rings is 3. The number of anilines is 3. The molecule has 6 rings (SSSR count). The molecule has 3 aromatic heterocycles. The van der Waals surface area contributed by atoms with Gasteiger partial charge in [-0.05, 0) is 109 Å². The van der Waals surface area contributed by atoms with Crippen LogP contribution < -0.4 is 4.90 Å². The number of aryl methyl sites for hydroxylation is 2. The second-order valence-corrected chi connectivity index (χ2v) is 14.6. The molecule has 3 heterocycles. The smallest absolute Gasteiger partial charge is 0.346 e. The number of carbonyl (C=O) groups is 2. The molecule has 7 nitrogen and oxygen atoms in total. The molecule has 0 saturated heterocycles. The summed E-state index contributed by atoms with van der Waals surface area (Å²) in [5.41, 5.74) is 6.80. The van der Waals surface area contributed by atoms with Crippen molar-refractivity contribution in [2.45, 2.75) is 13.8 Å². The summed E-state index contributed by atoms with van der Waals surface area (Å²) in [6.07, 6.45) is 2.78. The van der Waals surface area contributed by atoms with E-state index < -0.39 is 11.9 Å². The normalized spacial score (nSPS) is 11.5. The Balaban J connectivity index is 1.28. The summed E-state index contributed by atoms with van der Waals surface area (Å²) in [7, 11) is 0. The van der Waals surface area contributed by atoms with E-state index in [9.17, 15) is 19.8 Å². The number of benzene rings is 3. The van der Waals surface area contributed by atoms with E-state index >= 15 is 0 Å². The molecule has 2 N–H and O–H groups in total. The van der Waals surface area contributed by atoms with E-state index in [1.807, 2.05) is 36.4 Å². The van der Waals surface area contributed by atoms with Crippen molar-refractivity contribution in [3.05, 3.63) is 135 Å². The summed E-state index contributed by atoms with van der Waals surface area (Å²) in [4.78, 5) is 30.3. The Bertz CT molecular complexity index is 2380. The van der Waals surface area contributed by atoms with Gasteiger partial charge in [-0.3, -0.25) is 0 Å². The molecule has 0 radical (unpaired) electrons. The van der Waals surface area contributed by atoms with Crippen LogP contribution in [0.25, 0.3) is 42.8 Å². The number of nitriles is 2. The van der Waals surface area contributed by atoms with Crippen LogP contribution >= 0.6 is 34.0 Å². The Morgan fingerprint density at radius 2 is 1.04 bits per heavy atom. The topological polar surface area (TPSA) is 125 Å². The first-order valence-corrected chi connectivity index (χ1v) is 17.7. The van der Waals surface area contributed by atoms with Crippen LogP contribution in [0, 0.1) is 36.5 Å². The van der Waals surface area contributed by atoms with Gasteiger partial charge in [0.1, 0.15) is 23.3 Å². The highest BCUT2D eigenvalue weighted by atomic mass is 32.1. The van der Waals surface area contributed by atoms with E-state index in [2.05, 4.69) is 85.5 Å². The number of rotatable bonds is 10. The SMILES string of the molecule is Cc1ccc(N(c2ccc(-c3ccc(/C=C(\C#N)C(=O)O)s3)cc2)c2ccc(-c3ccc(-c4ccc(/C=C(\C#N)C(=O)O)s4)s3)cc2)c(C)c1. The predicted octanol–water partition coefficient (Wildman–Crippen LogP) is 10.9. The van der Waals surface area contributed by atoms with Gasteiger partial charge in [-0.2, -0.15) is 10.5 Å². The van der Waals surface area contributed by atoms with Crippen molar-refractivity contribution in [2.75, 3.05) is 4.90 Å². The molecule has 0 saturated carbocycles. The number of hydrogen-bond acceptors (Lipinski definition) is 8. The summed E-state index contributed by atoms with van der Waals surface area (Å²) in [6.45, 7) is 4.18. The van der Waals surface area contributed by atoms with Gasteiger partial charge in [0.2, 0.25) is 0 Å². The van der Waals surface area contributed by atoms with E-state index in [4.69, 9.17) is 10.5 Å². The third-order valence-electron chi connectivity index (χ3n) is 7.79. The molecule has 0 atom stereocenters. The molecular formula is C40H27N3O4S3. The van der Waals surface area contributed by atoms with Gasteiger partial charge in [0.05, 0.1) is 0 Å². The van der Waals surface area contributed by atoms with Crippen LogP contribution in [0.2, 0.25) is 0 Å². The highest BCUT2D eigenvalue weighted by molar-refractivity contribution is 7.24. The van der Waals surface area contributed by atoms with E-state index in [1.54, 1.807) is 23.5 Å². The van der Waals surface area contributed by atoms with Crippen molar-refractivity contribution >= 4 is 75.2 Å². The molecule has 50 heavy (non-hydrogen) atoms. The number of carboxylic acids is 2. The average molecular weight is 710 g/mol. The number of nitrogens with zero attached hydrogens (tertiary/aromatic N) is 3. The zero-order valence-corrected chi connectivity index (χ0v) is 29.2. The van der Waals surface area contributed by atoms with Crippen LogP contribution in [-0.2, 0) is 9.59 Å². The van der Waals surface area contributed by atoms with Crippen molar-refractivity contribution in [3.8, 4) is 42.8 Å². The molecule has 6 aromatic rings. The minimum absolute atomic E-state index is 0.296. The van der Waals surface area contributed by atoms with Gasteiger partial charge in [-0.15, -0.1) is 34.0 Å². The quantitative estimate of drug-likeness (QED) is 0.107. The summed E-state index contributed by atoms with van der Waals surface area (Å²) in [6, 6.07) is 38.2. The Hall–Kier alpha value is -6.04. The maximum absolute atomic E-state index is 11.3. The van der Waals surface area contributed by atoms with Gasteiger partial charge in [0.15, 0.2) is 0 Å². The maximum Gasteiger partial charge on any atom is 0.346 e. The molecule has 0 amide bonds. The molecular weight excluding hydrogens is 683 g/mol. The van der Waals surface area contributed by atoms with Crippen molar-refractivity contribution in [2.24, 2.45) is 0 Å². The molecule has 0 spiro atoms. The molecule has 0 fully saturated rings. The predicted molar refractivity (Wildman–Crippen MR) is 203 cm³/mol. The third kappa shape index (κ3) is 7.34. The molecule has 10 heteroatoms. The number of hydrogen-bond donors (Lipinski definition) is 2. The lowest BCUT2D eigenvalue weighted by molar-refractivity contribution is -0.133. The summed E-state index contributed by atoms with van der Waals surface area (Å²) in [5, 5.41) is 36.6. The highest BCUT2D eigenvalue weighted by Crippen LogP contribution is 2.41. The van der Waals surface area contributed by atoms with Gasteiger partial charge in [-0.25, -0.2) is 9.59 Å². The van der Waals surface area contributed by atoms with Crippen molar-refractivity contribution in [3.63, 3.8) is 0 Å². The van der Waals surface area contributed by atoms with Gasteiger partial charge in [-0.1, -0.05) is 42.0 Å². The molecule has 0 bridgehead atoms. The summed E-state index contributed by atoms with van der Waals surface area (Å²) in [5.74, 6) is -2.49. The minimum atomic E-state index is -1.25. The summed E-state index contributed by atoms with van der Waals surface area (Å²) >= 11 is 4.52. The first kappa shape index (κ1) is 33.8. The first-order chi connectivity index (χ1) is 24.1. The van der Waals surface area contributed by atoms with E-state index in [0.29, 0.717) is 9.75 Å². The molecule has 0 aliphatic carbocycles. The fourth-order valence-electron chi connectivity index (χ4n) is 5.38. The standard InChI is InChI=1S/C40H27N3O4S3/c1-24-3-14-34(25(2)19-24)43(30-8-4-26(5-9-30)35-15-12-32(48-35)20-28(22-41)39(44)45)31-10-6-27(7-11-31)36-17-18-38(50-36)37-16-13-33(49-37)21-29(23-42)40(46)47/h3-21H,1-2H3,(H,44,45)(H,46,47)/b28-20+,29-21+. The molecule has 244 valence electrons. The summed E-state index contributed by atoms with van der Waals surface area (Å²) < 4.78 is 0. The van der Waals surface area contributed by atoms with Crippen LogP contribution in [0.5, 0.6) is 0 Å². The minimum Gasteiger partial charge on any atom is -0.477 e. The Labute approximate surface area is 300 Å². The van der Waals surface area contributed by atoms with Crippen LogP contribution in [-0.4, -0.2) is 22.2 Å². The lowest BCUT2D eigenvalue weighted by atomic mass is 10.1. The lowest BCUT2D eigenvalue weighted by Gasteiger charge is -2.27. The second kappa shape index (κ2) is 14.6. The second-order valence-electron chi connectivity index (χ2n) is 11.2.